The minimum Gasteiger partial charge on any atom is -0.495 e. The number of rotatable bonds is 7. The van der Waals surface area contributed by atoms with Gasteiger partial charge in [0, 0.05) is 31.4 Å². The first-order chi connectivity index (χ1) is 15.5. The van der Waals surface area contributed by atoms with Crippen molar-refractivity contribution in [2.45, 2.75) is 23.8 Å². The van der Waals surface area contributed by atoms with E-state index in [1.165, 1.54) is 17.5 Å². The van der Waals surface area contributed by atoms with Gasteiger partial charge in [-0.3, -0.25) is 0 Å². The third-order valence-corrected chi connectivity index (χ3v) is 7.62. The van der Waals surface area contributed by atoms with Crippen LogP contribution in [0.4, 0.5) is 17.5 Å². The van der Waals surface area contributed by atoms with Crippen molar-refractivity contribution in [3.63, 3.8) is 0 Å². The molecule has 3 aromatic rings. The number of methoxy groups -OCH3 is 1. The number of nitrogens with one attached hydrogen (secondary N) is 3. The lowest BCUT2D eigenvalue weighted by Gasteiger charge is -2.26. The molecule has 1 aliphatic heterocycles. The molecule has 2 aliphatic rings. The summed E-state index contributed by atoms with van der Waals surface area (Å²) in [5, 5.41) is 7.81. The molecule has 12 heteroatoms. The summed E-state index contributed by atoms with van der Waals surface area (Å²) in [5.74, 6) is 1.35. The Balaban J connectivity index is 1.46. The summed E-state index contributed by atoms with van der Waals surface area (Å²) in [6, 6.07) is 5.07. The summed E-state index contributed by atoms with van der Waals surface area (Å²) in [6.07, 6.45) is 3.85. The Morgan fingerprint density at radius 1 is 1.25 bits per heavy atom. The molecule has 1 aromatic carbocycles. The number of halogens is 1. The van der Waals surface area contributed by atoms with Gasteiger partial charge in [0.1, 0.15) is 17.2 Å². The van der Waals surface area contributed by atoms with Crippen LogP contribution in [0.3, 0.4) is 0 Å². The van der Waals surface area contributed by atoms with Gasteiger partial charge in [-0.25, -0.2) is 8.42 Å². The number of aromatic nitrogens is 3. The van der Waals surface area contributed by atoms with Crippen molar-refractivity contribution >= 4 is 50.1 Å². The zero-order chi connectivity index (χ0) is 22.3. The van der Waals surface area contributed by atoms with Crippen LogP contribution in [-0.2, 0) is 14.8 Å². The fourth-order valence-electron chi connectivity index (χ4n) is 3.57. The van der Waals surface area contributed by atoms with Gasteiger partial charge in [0.15, 0.2) is 0 Å². The molecule has 3 heterocycles. The number of aromatic amines is 1. The van der Waals surface area contributed by atoms with Gasteiger partial charge in [0.25, 0.3) is 0 Å². The standard InChI is InChI=1S/C20H23ClN6O4S/c1-30-16-10-13(32(28,29)27-6-8-31-9-7-27)4-5-15(16)24-20-25-18-17(14(21)11-22-18)19(26-20)23-12-2-3-12/h4-5,10-12H,2-3,6-9H2,1H3,(H3,22,23,24,25,26). The van der Waals surface area contributed by atoms with E-state index in [9.17, 15) is 8.42 Å². The summed E-state index contributed by atoms with van der Waals surface area (Å²) in [6.45, 7) is 1.42. The SMILES string of the molecule is COc1cc(S(=O)(=O)N2CCOCC2)ccc1Nc1nc(NC2CC2)c2c(Cl)c[nH]c2n1. The molecule has 10 nitrogen and oxygen atoms in total. The van der Waals surface area contributed by atoms with Crippen LogP contribution in [0.2, 0.25) is 5.02 Å². The molecule has 3 N–H and O–H groups in total. The van der Waals surface area contributed by atoms with Crippen molar-refractivity contribution in [3.8, 4) is 5.75 Å². The summed E-state index contributed by atoms with van der Waals surface area (Å²) in [7, 11) is -2.15. The van der Waals surface area contributed by atoms with Crippen molar-refractivity contribution in [3.05, 3.63) is 29.4 Å². The van der Waals surface area contributed by atoms with E-state index in [1.807, 2.05) is 0 Å². The summed E-state index contributed by atoms with van der Waals surface area (Å²) in [4.78, 5) is 12.3. The first-order valence-electron chi connectivity index (χ1n) is 10.3. The smallest absolute Gasteiger partial charge is 0.243 e. The molecule has 0 spiro atoms. The minimum absolute atomic E-state index is 0.158. The Bertz CT molecular complexity index is 1250. The maximum absolute atomic E-state index is 13.0. The van der Waals surface area contributed by atoms with Crippen LogP contribution < -0.4 is 15.4 Å². The van der Waals surface area contributed by atoms with E-state index in [0.717, 1.165) is 18.2 Å². The van der Waals surface area contributed by atoms with Crippen molar-refractivity contribution in [1.29, 1.82) is 0 Å². The van der Waals surface area contributed by atoms with Crippen LogP contribution in [0.1, 0.15) is 12.8 Å². The van der Waals surface area contributed by atoms with Crippen LogP contribution in [0.25, 0.3) is 11.0 Å². The van der Waals surface area contributed by atoms with Crippen molar-refractivity contribution < 1.29 is 17.9 Å². The van der Waals surface area contributed by atoms with Crippen LogP contribution >= 0.6 is 11.6 Å². The molecule has 2 fully saturated rings. The Morgan fingerprint density at radius 3 is 2.75 bits per heavy atom. The largest absolute Gasteiger partial charge is 0.495 e. The van der Waals surface area contributed by atoms with Crippen molar-refractivity contribution in [2.75, 3.05) is 44.0 Å². The quantitative estimate of drug-likeness (QED) is 0.474. The van der Waals surface area contributed by atoms with E-state index in [-0.39, 0.29) is 4.90 Å². The van der Waals surface area contributed by atoms with Gasteiger partial charge in [-0.05, 0) is 25.0 Å². The third kappa shape index (κ3) is 4.08. The lowest BCUT2D eigenvalue weighted by Crippen LogP contribution is -2.40. The maximum atomic E-state index is 13.0. The van der Waals surface area contributed by atoms with Gasteiger partial charge in [0.2, 0.25) is 16.0 Å². The second-order valence-corrected chi connectivity index (χ2v) is 10.0. The topological polar surface area (TPSA) is 121 Å². The zero-order valence-electron chi connectivity index (χ0n) is 17.4. The number of anilines is 3. The number of nitrogens with zero attached hydrogens (tertiary/aromatic N) is 3. The monoisotopic (exact) mass is 478 g/mol. The first kappa shape index (κ1) is 21.3. The van der Waals surface area contributed by atoms with E-state index < -0.39 is 10.0 Å². The van der Waals surface area contributed by atoms with Crippen molar-refractivity contribution in [2.24, 2.45) is 0 Å². The second-order valence-electron chi connectivity index (χ2n) is 7.68. The van der Waals surface area contributed by atoms with E-state index in [1.54, 1.807) is 18.3 Å². The molecule has 2 aromatic heterocycles. The van der Waals surface area contributed by atoms with Gasteiger partial charge in [-0.2, -0.15) is 14.3 Å². The second kappa shape index (κ2) is 8.39. The van der Waals surface area contributed by atoms with Gasteiger partial charge in [-0.1, -0.05) is 11.6 Å². The maximum Gasteiger partial charge on any atom is 0.243 e. The minimum atomic E-state index is -3.64. The molecular formula is C20H23ClN6O4S. The van der Waals surface area contributed by atoms with Gasteiger partial charge in [0.05, 0.1) is 41.3 Å². The predicted octanol–water partition coefficient (Wildman–Crippen LogP) is 2.96. The van der Waals surface area contributed by atoms with Crippen molar-refractivity contribution in [1.82, 2.24) is 19.3 Å². The molecular weight excluding hydrogens is 456 g/mol. The fraction of sp³-hybridized carbons (Fsp3) is 0.400. The molecule has 0 bridgehead atoms. The van der Waals surface area contributed by atoms with E-state index >= 15 is 0 Å². The molecule has 0 unspecified atom stereocenters. The summed E-state index contributed by atoms with van der Waals surface area (Å²) < 4.78 is 38.1. The highest BCUT2D eigenvalue weighted by atomic mass is 35.5. The Hall–Kier alpha value is -2.60. The summed E-state index contributed by atoms with van der Waals surface area (Å²) >= 11 is 6.31. The molecule has 170 valence electrons. The Kier molecular flexibility index (Phi) is 5.58. The molecule has 5 rings (SSSR count). The molecule has 1 saturated carbocycles. The lowest BCUT2D eigenvalue weighted by atomic mass is 10.3. The molecule has 0 radical (unpaired) electrons. The molecule has 32 heavy (non-hydrogen) atoms. The number of morpholine rings is 1. The molecule has 1 saturated heterocycles. The van der Waals surface area contributed by atoms with Crippen LogP contribution in [0.15, 0.2) is 29.3 Å². The van der Waals surface area contributed by atoms with Gasteiger partial charge in [-0.15, -0.1) is 0 Å². The van der Waals surface area contributed by atoms with Crippen LogP contribution in [0.5, 0.6) is 5.75 Å². The highest BCUT2D eigenvalue weighted by Gasteiger charge is 2.28. The normalized spacial score (nSPS) is 17.4. The number of ether oxygens (including phenoxy) is 2. The first-order valence-corrected chi connectivity index (χ1v) is 12.1. The summed E-state index contributed by atoms with van der Waals surface area (Å²) in [5.41, 5.74) is 1.14. The molecule has 1 aliphatic carbocycles. The average molecular weight is 479 g/mol. The number of benzene rings is 1. The molecule has 0 amide bonds. The van der Waals surface area contributed by atoms with Crippen LogP contribution in [0, 0.1) is 0 Å². The van der Waals surface area contributed by atoms with Gasteiger partial charge < -0.3 is 25.1 Å². The lowest BCUT2D eigenvalue weighted by molar-refractivity contribution is 0.0730. The van der Waals surface area contributed by atoms with Crippen LogP contribution in [-0.4, -0.2) is 67.1 Å². The van der Waals surface area contributed by atoms with E-state index in [4.69, 9.17) is 21.1 Å². The number of H-pyrrole nitrogens is 1. The molecule has 0 atom stereocenters. The highest BCUT2D eigenvalue weighted by molar-refractivity contribution is 7.89. The average Bonchev–Trinajstić information content (AvgIpc) is 3.54. The van der Waals surface area contributed by atoms with E-state index in [0.29, 0.717) is 66.2 Å². The van der Waals surface area contributed by atoms with E-state index in [2.05, 4.69) is 25.6 Å². The van der Waals surface area contributed by atoms with Gasteiger partial charge >= 0.3 is 0 Å². The zero-order valence-corrected chi connectivity index (χ0v) is 19.0. The Labute approximate surface area is 190 Å². The fourth-order valence-corrected chi connectivity index (χ4v) is 5.23. The highest BCUT2D eigenvalue weighted by Crippen LogP contribution is 2.35. The number of sulfonamides is 1. The third-order valence-electron chi connectivity index (χ3n) is 5.43. The number of hydrogen-bond donors (Lipinski definition) is 3. The number of fused-ring (bicyclic) bond motifs is 1. The predicted molar refractivity (Wildman–Crippen MR) is 121 cm³/mol. The Morgan fingerprint density at radius 2 is 2.03 bits per heavy atom. The number of hydrogen-bond acceptors (Lipinski definition) is 8.